The maximum Gasteiger partial charge on any atom is 1.00 e. The number of carboxylic acids is 2. The third-order valence-corrected chi connectivity index (χ3v) is 8.25. The Kier molecular flexibility index (Phi) is 17.1. The maximum absolute atomic E-state index is 11.0. The maximum atomic E-state index is 11.0. The number of carbonyl (C=O) groups is 2. The Bertz CT molecular complexity index is 941. The molecule has 1 aliphatic rings. The monoisotopic (exact) mass is 548 g/mol. The Morgan fingerprint density at radius 3 is 2.33 bits per heavy atom. The molecule has 3 rings (SSSR count). The fourth-order valence-electron chi connectivity index (χ4n) is 4.28. The molecule has 6 nitrogen and oxygen atoms in total. The predicted molar refractivity (Wildman–Crippen MR) is 132 cm³/mol. The van der Waals surface area contributed by atoms with Crippen LogP contribution in [0, 0.1) is 0 Å². The van der Waals surface area contributed by atoms with Crippen LogP contribution in [0.1, 0.15) is 60.0 Å². The van der Waals surface area contributed by atoms with Crippen molar-refractivity contribution in [2.45, 2.75) is 56.0 Å². The van der Waals surface area contributed by atoms with Crippen LogP contribution < -0.4 is 74.1 Å². The van der Waals surface area contributed by atoms with E-state index in [1.165, 1.54) is 24.6 Å². The first-order valence-corrected chi connectivity index (χ1v) is 13.7. The molecule has 184 valence electrons. The van der Waals surface area contributed by atoms with Gasteiger partial charge in [-0.1, -0.05) is 61.4 Å². The number of para-hydroxylation sites is 1. The van der Waals surface area contributed by atoms with E-state index in [1.807, 2.05) is 42.5 Å². The minimum absolute atomic E-state index is 0. The molecule has 2 aromatic carbocycles. The van der Waals surface area contributed by atoms with Crippen LogP contribution in [0.25, 0.3) is 0 Å². The Hall–Kier alpha value is -0.160. The van der Waals surface area contributed by atoms with Crippen LogP contribution >= 0.6 is 23.5 Å². The number of aliphatic hydroxyl groups is 1. The van der Waals surface area contributed by atoms with Crippen LogP contribution in [0.4, 0.5) is 0 Å². The number of thioether (sulfide) groups is 2. The average molecular weight is 549 g/mol. The summed E-state index contributed by atoms with van der Waals surface area (Å²) in [5.41, 5.74) is 2.96. The van der Waals surface area contributed by atoms with Crippen molar-refractivity contribution in [2.24, 2.45) is 0 Å². The zero-order chi connectivity index (χ0) is 24.3. The minimum atomic E-state index is -1.19. The zero-order valence-electron chi connectivity index (χ0n) is 21.0. The number of aliphatic carboxylic acids is 2. The molecule has 0 radical (unpaired) electrons. The summed E-state index contributed by atoms with van der Waals surface area (Å²) in [6.45, 7) is 0.379. The topological polar surface area (TPSA) is 110 Å². The van der Waals surface area contributed by atoms with E-state index in [2.05, 4.69) is 6.07 Å². The molecule has 0 aliphatic heterocycles. The molecule has 0 saturated heterocycles. The normalized spacial score (nSPS) is 14.8. The Balaban J connectivity index is 0.00000324. The molecule has 0 heterocycles. The molecule has 2 atom stereocenters. The quantitative estimate of drug-likeness (QED) is 0.245. The van der Waals surface area contributed by atoms with E-state index in [4.69, 9.17) is 4.74 Å². The van der Waals surface area contributed by atoms with Gasteiger partial charge < -0.3 is 29.6 Å². The van der Waals surface area contributed by atoms with Gasteiger partial charge in [-0.2, -0.15) is 23.5 Å². The average Bonchev–Trinajstić information content (AvgIpc) is 3.35. The van der Waals surface area contributed by atoms with Crippen LogP contribution in [0.5, 0.6) is 5.75 Å². The van der Waals surface area contributed by atoms with Gasteiger partial charge in [0.2, 0.25) is 0 Å². The molecule has 1 N–H and O–H groups in total. The van der Waals surface area contributed by atoms with E-state index in [0.29, 0.717) is 12.5 Å². The fraction of sp³-hybridized carbons (Fsp3) is 0.462. The fourth-order valence-corrected chi connectivity index (χ4v) is 6.34. The predicted octanol–water partition coefficient (Wildman–Crippen LogP) is -3.31. The molecule has 10 heteroatoms. The molecule has 2 aromatic rings. The molecule has 1 saturated carbocycles. The van der Waals surface area contributed by atoms with Crippen molar-refractivity contribution in [3.63, 3.8) is 0 Å². The summed E-state index contributed by atoms with van der Waals surface area (Å²) >= 11 is 2.41. The van der Waals surface area contributed by atoms with Crippen molar-refractivity contribution in [1.29, 1.82) is 0 Å². The largest absolute Gasteiger partial charge is 1.00 e. The van der Waals surface area contributed by atoms with E-state index in [-0.39, 0.29) is 82.8 Å². The summed E-state index contributed by atoms with van der Waals surface area (Å²) in [6, 6.07) is 15.8. The van der Waals surface area contributed by atoms with Gasteiger partial charge >= 0.3 is 59.1 Å². The van der Waals surface area contributed by atoms with E-state index < -0.39 is 23.3 Å². The number of ether oxygens (including phenoxy) is 1. The van der Waals surface area contributed by atoms with Crippen molar-refractivity contribution in [3.8, 4) is 5.75 Å². The van der Waals surface area contributed by atoms with Gasteiger partial charge in [0, 0.05) is 23.0 Å². The molecule has 36 heavy (non-hydrogen) atoms. The number of hydrogen-bond acceptors (Lipinski definition) is 8. The summed E-state index contributed by atoms with van der Waals surface area (Å²) in [6.07, 6.45) is 3.46. The molecule has 0 spiro atoms. The number of hydrogen-bond donors (Lipinski definition) is 1. The molecule has 2 unspecified atom stereocenters. The van der Waals surface area contributed by atoms with Gasteiger partial charge in [0.05, 0.1) is 17.3 Å². The van der Waals surface area contributed by atoms with Crippen molar-refractivity contribution < 1.29 is 88.8 Å². The van der Waals surface area contributed by atoms with Crippen LogP contribution in [-0.2, 0) is 16.2 Å². The summed E-state index contributed by atoms with van der Waals surface area (Å²) in [5, 5.41) is 32.4. The van der Waals surface area contributed by atoms with Gasteiger partial charge in [-0.15, -0.1) is 0 Å². The first kappa shape index (κ1) is 33.9. The molecular weight excluding hydrogens is 518 g/mol. The smallest absolute Gasteiger partial charge is 0.550 e. The molecule has 0 bridgehead atoms. The summed E-state index contributed by atoms with van der Waals surface area (Å²) in [7, 11) is 0. The standard InChI is InChI=1S/C26H32O6S2.2Na/c27-22(16-33-17-24(30)31)26(34-14-13-23(28)29)21-12-6-11-20(19-9-4-5-10-19)25(21)32-15-18-7-2-1-3-8-18;;/h1-3,6-8,11-12,19,22,26-27H,4-5,9-10,13-17H2,(H,28,29)(H,30,31);;/q;2*+1/p-2. The van der Waals surface area contributed by atoms with Crippen LogP contribution in [0.2, 0.25) is 0 Å². The second-order valence-electron chi connectivity index (χ2n) is 8.39. The van der Waals surface area contributed by atoms with Crippen LogP contribution in [0.3, 0.4) is 0 Å². The van der Waals surface area contributed by atoms with Gasteiger partial charge in [-0.05, 0) is 42.1 Å². The van der Waals surface area contributed by atoms with Crippen molar-refractivity contribution >= 4 is 35.5 Å². The van der Waals surface area contributed by atoms with Crippen LogP contribution in [-0.4, -0.2) is 40.4 Å². The van der Waals surface area contributed by atoms with Gasteiger partial charge in [0.1, 0.15) is 12.4 Å². The minimum Gasteiger partial charge on any atom is -0.550 e. The molecule has 1 aliphatic carbocycles. The van der Waals surface area contributed by atoms with Gasteiger partial charge in [0.15, 0.2) is 0 Å². The van der Waals surface area contributed by atoms with E-state index >= 15 is 0 Å². The SMILES string of the molecule is O=C([O-])CCSC(c1cccc(C2CCCC2)c1OCc1ccccc1)C(O)CSCC(=O)[O-].[Na+].[Na+]. The number of benzene rings is 2. The third-order valence-electron chi connectivity index (χ3n) is 5.87. The first-order chi connectivity index (χ1) is 16.5. The number of carbonyl (C=O) groups excluding carboxylic acids is 2. The van der Waals surface area contributed by atoms with Gasteiger partial charge in [0.25, 0.3) is 0 Å². The molecule has 1 fully saturated rings. The van der Waals surface area contributed by atoms with Crippen molar-refractivity contribution in [2.75, 3.05) is 17.3 Å². The number of rotatable bonds is 14. The van der Waals surface area contributed by atoms with Crippen LogP contribution in [0.15, 0.2) is 48.5 Å². The Labute approximate surface area is 265 Å². The first-order valence-electron chi connectivity index (χ1n) is 11.5. The third kappa shape index (κ3) is 10.9. The number of carboxylic acid groups (broad SMARTS) is 2. The number of aliphatic hydroxyl groups excluding tert-OH is 1. The van der Waals surface area contributed by atoms with Gasteiger partial charge in [-0.25, -0.2) is 0 Å². The van der Waals surface area contributed by atoms with E-state index in [9.17, 15) is 24.9 Å². The van der Waals surface area contributed by atoms with Crippen molar-refractivity contribution in [1.82, 2.24) is 0 Å². The molecule has 0 amide bonds. The zero-order valence-corrected chi connectivity index (χ0v) is 26.7. The second-order valence-corrected chi connectivity index (χ2v) is 10.7. The summed E-state index contributed by atoms with van der Waals surface area (Å²) in [5.74, 6) is -0.977. The Morgan fingerprint density at radius 2 is 1.69 bits per heavy atom. The van der Waals surface area contributed by atoms with Crippen molar-refractivity contribution in [3.05, 3.63) is 65.2 Å². The summed E-state index contributed by atoms with van der Waals surface area (Å²) in [4.78, 5) is 21.8. The molecular formula is C26H30Na2O6S2. The second kappa shape index (κ2) is 18.2. The Morgan fingerprint density at radius 1 is 1.00 bits per heavy atom. The summed E-state index contributed by atoms with van der Waals surface area (Å²) < 4.78 is 6.40. The molecule has 0 aromatic heterocycles. The van der Waals surface area contributed by atoms with Gasteiger partial charge in [-0.3, -0.25) is 0 Å². The van der Waals surface area contributed by atoms with E-state index in [1.54, 1.807) is 0 Å². The van der Waals surface area contributed by atoms with E-state index in [0.717, 1.165) is 47.0 Å².